The number of hydrogen-bond donors (Lipinski definition) is 0. The maximum atomic E-state index is 2.68. The molecule has 0 unspecified atom stereocenters. The van der Waals surface area contributed by atoms with Crippen LogP contribution in [-0.2, 0) is 14.4 Å². The molecule has 0 bridgehead atoms. The zero-order valence-electron chi connectivity index (χ0n) is 19.2. The minimum atomic E-state index is -0.126. The van der Waals surface area contributed by atoms with Gasteiger partial charge in [-0.1, -0.05) is 0 Å². The van der Waals surface area contributed by atoms with Gasteiger partial charge in [-0.05, 0) is 0 Å². The maximum absolute atomic E-state index is 2.68. The first kappa shape index (κ1) is 19.8. The molecule has 5 rings (SSSR count). The molecule has 29 heavy (non-hydrogen) atoms. The summed E-state index contributed by atoms with van der Waals surface area (Å²) in [7, 11) is 0. The van der Waals surface area contributed by atoms with Crippen molar-refractivity contribution in [2.75, 3.05) is 0 Å². The van der Waals surface area contributed by atoms with Gasteiger partial charge in [0, 0.05) is 0 Å². The van der Waals surface area contributed by atoms with E-state index >= 15 is 0 Å². The molecule has 0 atom stereocenters. The van der Waals surface area contributed by atoms with E-state index in [-0.39, 0.29) is 37.5 Å². The molecule has 0 radical (unpaired) electrons. The number of alkyl halides is 1. The van der Waals surface area contributed by atoms with Crippen molar-refractivity contribution in [3.63, 3.8) is 0 Å². The quantitative estimate of drug-likeness (QED) is 0.220. The fourth-order valence-corrected chi connectivity index (χ4v) is 9.93. The van der Waals surface area contributed by atoms with E-state index in [9.17, 15) is 0 Å². The Bertz CT molecular complexity index is 1180. The van der Waals surface area contributed by atoms with Gasteiger partial charge >= 0.3 is 187 Å². The number of hydrogen-bond acceptors (Lipinski definition) is 0. The summed E-state index contributed by atoms with van der Waals surface area (Å²) < 4.78 is 4.65. The Kier molecular flexibility index (Phi) is 3.92. The molecule has 3 aromatic rings. The molecule has 1 aliphatic heterocycles. The van der Waals surface area contributed by atoms with Crippen molar-refractivity contribution in [1.82, 2.24) is 0 Å². The second kappa shape index (κ2) is 5.75. The predicted molar refractivity (Wildman–Crippen MR) is 119 cm³/mol. The monoisotopic (exact) mass is 499 g/mol. The number of nitrogens with zero attached hydrogens (tertiary/aromatic N) is 1. The summed E-state index contributed by atoms with van der Waals surface area (Å²) in [5.74, 6) is 0. The summed E-state index contributed by atoms with van der Waals surface area (Å²) in [5.41, 5.74) is 5.21. The van der Waals surface area contributed by atoms with Crippen LogP contribution in [0.5, 0.6) is 0 Å². The van der Waals surface area contributed by atoms with Crippen LogP contribution in [0.2, 0.25) is 0 Å². The van der Waals surface area contributed by atoms with Crippen LogP contribution in [0.1, 0.15) is 79.4 Å². The van der Waals surface area contributed by atoms with Crippen LogP contribution >= 0.6 is 0 Å². The summed E-state index contributed by atoms with van der Waals surface area (Å²) in [5, 5.41) is 4.48. The first-order chi connectivity index (χ1) is 13.5. The van der Waals surface area contributed by atoms with Gasteiger partial charge in [0.25, 0.3) is 0 Å². The molecule has 0 saturated heterocycles. The van der Waals surface area contributed by atoms with Gasteiger partial charge in [-0.2, -0.15) is 0 Å². The zero-order valence-corrected chi connectivity index (χ0v) is 21.4. The van der Waals surface area contributed by atoms with E-state index in [1.165, 1.54) is 29.1 Å². The van der Waals surface area contributed by atoms with Crippen LogP contribution in [0.4, 0.5) is 0 Å². The molecular formula is C27H34IN. The average Bonchev–Trinajstić information content (AvgIpc) is 2.80. The third-order valence-electron chi connectivity index (χ3n) is 9.23. The molecule has 2 heteroatoms. The number of rotatable bonds is 2. The fourth-order valence-electron chi connectivity index (χ4n) is 6.14. The molecular weight excluding hydrogens is 465 g/mol. The standard InChI is InChI=1S/C27H34IN/c1-9-27(10-2)28-20-16-19-22(25(5,6)26(7,8)24(19,3)4)18-14-13-17-12-11-15-29(27)23(17)21(18)20/h11-16H,9-10H2,1-8H3. The van der Waals surface area contributed by atoms with Crippen molar-refractivity contribution in [1.29, 1.82) is 0 Å². The predicted octanol–water partition coefficient (Wildman–Crippen LogP) is 3.62. The Labute approximate surface area is 186 Å². The molecule has 0 N–H and O–H groups in total. The van der Waals surface area contributed by atoms with E-state index in [1.54, 1.807) is 20.1 Å². The topological polar surface area (TPSA) is 3.88 Å². The van der Waals surface area contributed by atoms with Gasteiger partial charge < -0.3 is 0 Å². The first-order valence-corrected chi connectivity index (χ1v) is 13.3. The molecule has 2 aliphatic rings. The summed E-state index contributed by atoms with van der Waals surface area (Å²) in [6, 6.07) is 12.1. The van der Waals surface area contributed by atoms with Crippen molar-refractivity contribution < 1.29 is 25.8 Å². The van der Waals surface area contributed by atoms with Crippen molar-refractivity contribution in [2.45, 2.75) is 82.6 Å². The van der Waals surface area contributed by atoms with E-state index in [4.69, 9.17) is 0 Å². The summed E-state index contributed by atoms with van der Waals surface area (Å²) in [6.07, 6.45) is 4.80. The second-order valence-electron chi connectivity index (χ2n) is 10.7. The molecule has 0 amide bonds. The van der Waals surface area contributed by atoms with E-state index in [0.717, 1.165) is 0 Å². The summed E-state index contributed by atoms with van der Waals surface area (Å²) >= 11 is -0.126. The SMILES string of the molecule is CCC1(CC)[I-]c2cc3c(c4ccc5ccc[n+]1c5c24)C(C)(C)C(C)(C)C3(C)C. The van der Waals surface area contributed by atoms with Crippen LogP contribution in [0.15, 0.2) is 36.5 Å². The molecule has 0 fully saturated rings. The van der Waals surface area contributed by atoms with Crippen molar-refractivity contribution in [3.05, 3.63) is 51.2 Å². The molecule has 1 nitrogen and oxygen atoms in total. The molecule has 0 saturated carbocycles. The van der Waals surface area contributed by atoms with Gasteiger partial charge in [-0.3, -0.25) is 0 Å². The van der Waals surface area contributed by atoms with Crippen LogP contribution in [-0.4, -0.2) is 0 Å². The number of fused-ring (bicyclic) bond motifs is 2. The van der Waals surface area contributed by atoms with Gasteiger partial charge in [-0.15, -0.1) is 0 Å². The van der Waals surface area contributed by atoms with Crippen molar-refractivity contribution in [3.8, 4) is 0 Å². The van der Waals surface area contributed by atoms with E-state index in [2.05, 4.69) is 96.5 Å². The number of benzene rings is 2. The van der Waals surface area contributed by atoms with Gasteiger partial charge in [0.1, 0.15) is 0 Å². The van der Waals surface area contributed by atoms with Crippen LogP contribution in [0.25, 0.3) is 21.7 Å². The summed E-state index contributed by atoms with van der Waals surface area (Å²) in [6.45, 7) is 19.7. The summed E-state index contributed by atoms with van der Waals surface area (Å²) in [4.78, 5) is 0. The van der Waals surface area contributed by atoms with E-state index < -0.39 is 0 Å². The minimum absolute atomic E-state index is 0.126. The molecule has 2 aromatic carbocycles. The normalized spacial score (nSPS) is 22.6. The Morgan fingerprint density at radius 3 is 2.24 bits per heavy atom. The zero-order chi connectivity index (χ0) is 21.0. The Morgan fingerprint density at radius 2 is 1.59 bits per heavy atom. The Hall–Kier alpha value is -1.16. The van der Waals surface area contributed by atoms with Gasteiger partial charge in [0.2, 0.25) is 0 Å². The van der Waals surface area contributed by atoms with Crippen LogP contribution in [0.3, 0.4) is 0 Å². The first-order valence-electron chi connectivity index (χ1n) is 11.1. The fraction of sp³-hybridized carbons (Fsp3) is 0.519. The molecule has 0 spiro atoms. The number of halogens is 1. The van der Waals surface area contributed by atoms with Crippen molar-refractivity contribution >= 4 is 21.7 Å². The van der Waals surface area contributed by atoms with E-state index in [1.807, 2.05) is 0 Å². The third kappa shape index (κ3) is 2.10. The molecule has 1 aromatic heterocycles. The number of pyridine rings is 1. The van der Waals surface area contributed by atoms with Crippen LogP contribution in [0, 0.1) is 8.99 Å². The molecule has 1 aliphatic carbocycles. The average molecular weight is 499 g/mol. The van der Waals surface area contributed by atoms with Crippen LogP contribution < -0.4 is 25.8 Å². The second-order valence-corrected chi connectivity index (χ2v) is 14.4. The Balaban J connectivity index is 2.02. The van der Waals surface area contributed by atoms with Gasteiger partial charge in [0.15, 0.2) is 0 Å². The van der Waals surface area contributed by atoms with E-state index in [0.29, 0.717) is 3.55 Å². The van der Waals surface area contributed by atoms with Gasteiger partial charge in [-0.25, -0.2) is 0 Å². The third-order valence-corrected chi connectivity index (χ3v) is 13.7. The van der Waals surface area contributed by atoms with Gasteiger partial charge in [0.05, 0.1) is 0 Å². The Morgan fingerprint density at radius 1 is 0.897 bits per heavy atom. The molecule has 154 valence electrons. The van der Waals surface area contributed by atoms with Crippen molar-refractivity contribution in [2.24, 2.45) is 5.41 Å². The number of aromatic nitrogens is 1. The molecule has 2 heterocycles.